The summed E-state index contributed by atoms with van der Waals surface area (Å²) in [4.78, 5) is 27.4. The van der Waals surface area contributed by atoms with Gasteiger partial charge in [-0.3, -0.25) is 9.59 Å². The Hall–Kier alpha value is -2.94. The summed E-state index contributed by atoms with van der Waals surface area (Å²) in [5, 5.41) is 11.5. The van der Waals surface area contributed by atoms with Gasteiger partial charge in [-0.2, -0.15) is 0 Å². The van der Waals surface area contributed by atoms with Crippen LogP contribution in [0.5, 0.6) is 11.5 Å². The number of aromatic nitrogens is 3. The Morgan fingerprint density at radius 1 is 1.34 bits per heavy atom. The lowest BCUT2D eigenvalue weighted by Crippen LogP contribution is -2.30. The average Bonchev–Trinajstić information content (AvgIpc) is 3.08. The number of ether oxygens (including phenoxy) is 2. The van der Waals surface area contributed by atoms with Gasteiger partial charge in [0, 0.05) is 10.9 Å². The highest BCUT2D eigenvalue weighted by molar-refractivity contribution is 7.18. The van der Waals surface area contributed by atoms with E-state index < -0.39 is 5.91 Å². The monoisotopic (exact) mass is 414 g/mol. The number of fused-ring (bicyclic) bond motifs is 3. The minimum Gasteiger partial charge on any atom is -0.497 e. The molecule has 1 aromatic carbocycles. The van der Waals surface area contributed by atoms with E-state index in [0.29, 0.717) is 33.3 Å². The molecule has 0 fully saturated rings. The standard InChI is InChI=1S/C20H22N4O4S/c1-11-4-6-13-16(8-11)29-19-18(13)20(26)24(23-22-19)10-17(25)21-14-9-12(27-2)5-7-15(14)28-3/h5,7,9,11H,4,6,8,10H2,1-3H3,(H,21,25)/t11-/m1/s1. The number of hydrogen-bond donors (Lipinski definition) is 1. The first-order valence-electron chi connectivity index (χ1n) is 9.40. The van der Waals surface area contributed by atoms with Crippen LogP contribution >= 0.6 is 11.3 Å². The fourth-order valence-electron chi connectivity index (χ4n) is 3.63. The summed E-state index contributed by atoms with van der Waals surface area (Å²) < 4.78 is 11.6. The molecule has 1 atom stereocenters. The smallest absolute Gasteiger partial charge is 0.279 e. The van der Waals surface area contributed by atoms with Gasteiger partial charge in [-0.1, -0.05) is 12.1 Å². The maximum Gasteiger partial charge on any atom is 0.279 e. The van der Waals surface area contributed by atoms with Crippen LogP contribution in [0.25, 0.3) is 10.2 Å². The maximum absolute atomic E-state index is 13.0. The molecule has 1 N–H and O–H groups in total. The molecule has 0 spiro atoms. The van der Waals surface area contributed by atoms with Gasteiger partial charge in [0.05, 0.1) is 25.3 Å². The van der Waals surface area contributed by atoms with Crippen molar-refractivity contribution in [1.82, 2.24) is 15.0 Å². The van der Waals surface area contributed by atoms with Crippen molar-refractivity contribution in [2.75, 3.05) is 19.5 Å². The van der Waals surface area contributed by atoms with Crippen LogP contribution in [0.3, 0.4) is 0 Å². The molecule has 152 valence electrons. The number of benzene rings is 1. The first-order chi connectivity index (χ1) is 14.0. The van der Waals surface area contributed by atoms with Crippen LogP contribution < -0.4 is 20.3 Å². The summed E-state index contributed by atoms with van der Waals surface area (Å²) in [5.41, 5.74) is 1.27. The Labute approximate surface area is 171 Å². The third-order valence-electron chi connectivity index (χ3n) is 5.16. The van der Waals surface area contributed by atoms with E-state index in [0.717, 1.165) is 29.5 Å². The van der Waals surface area contributed by atoms with Gasteiger partial charge in [0.25, 0.3) is 5.56 Å². The van der Waals surface area contributed by atoms with Gasteiger partial charge in [-0.25, -0.2) is 4.68 Å². The van der Waals surface area contributed by atoms with Gasteiger partial charge in [-0.05, 0) is 42.9 Å². The lowest BCUT2D eigenvalue weighted by molar-refractivity contribution is -0.117. The molecule has 1 aliphatic carbocycles. The molecule has 4 rings (SSSR count). The van der Waals surface area contributed by atoms with E-state index in [2.05, 4.69) is 22.6 Å². The number of carbonyl (C=O) groups is 1. The second kappa shape index (κ2) is 7.82. The molecular formula is C20H22N4O4S. The molecule has 0 aliphatic heterocycles. The number of aryl methyl sites for hydroxylation is 1. The van der Waals surface area contributed by atoms with Crippen LogP contribution in [-0.4, -0.2) is 35.1 Å². The number of nitrogens with one attached hydrogen (secondary N) is 1. The first-order valence-corrected chi connectivity index (χ1v) is 10.2. The number of hydrogen-bond acceptors (Lipinski definition) is 7. The lowest BCUT2D eigenvalue weighted by Gasteiger charge is -2.17. The van der Waals surface area contributed by atoms with E-state index in [1.807, 2.05) is 0 Å². The minimum atomic E-state index is -0.398. The molecule has 1 aliphatic rings. The Kier molecular flexibility index (Phi) is 5.23. The zero-order valence-electron chi connectivity index (χ0n) is 16.5. The van der Waals surface area contributed by atoms with Gasteiger partial charge < -0.3 is 14.8 Å². The maximum atomic E-state index is 13.0. The van der Waals surface area contributed by atoms with Crippen LogP contribution in [0.2, 0.25) is 0 Å². The Morgan fingerprint density at radius 2 is 2.17 bits per heavy atom. The highest BCUT2D eigenvalue weighted by Crippen LogP contribution is 2.35. The summed E-state index contributed by atoms with van der Waals surface area (Å²) in [7, 11) is 3.06. The third-order valence-corrected chi connectivity index (χ3v) is 6.30. The van der Waals surface area contributed by atoms with Crippen molar-refractivity contribution in [1.29, 1.82) is 0 Å². The Morgan fingerprint density at radius 3 is 2.93 bits per heavy atom. The fourth-order valence-corrected chi connectivity index (χ4v) is 4.95. The molecule has 29 heavy (non-hydrogen) atoms. The molecule has 0 unspecified atom stereocenters. The van der Waals surface area contributed by atoms with Crippen molar-refractivity contribution in [3.8, 4) is 11.5 Å². The topological polar surface area (TPSA) is 95.3 Å². The molecule has 2 aromatic heterocycles. The van der Waals surface area contributed by atoms with Crippen molar-refractivity contribution in [3.63, 3.8) is 0 Å². The summed E-state index contributed by atoms with van der Waals surface area (Å²) >= 11 is 1.54. The molecule has 2 heterocycles. The number of methoxy groups -OCH3 is 2. The second-order valence-corrected chi connectivity index (χ2v) is 8.28. The summed E-state index contributed by atoms with van der Waals surface area (Å²) in [6, 6.07) is 5.09. The zero-order chi connectivity index (χ0) is 20.5. The van der Waals surface area contributed by atoms with Gasteiger partial charge in [0.15, 0.2) is 4.83 Å². The number of amides is 1. The first kappa shape index (κ1) is 19.4. The molecule has 0 radical (unpaired) electrons. The molecule has 3 aromatic rings. The van der Waals surface area contributed by atoms with Crippen LogP contribution in [0.1, 0.15) is 23.8 Å². The van der Waals surface area contributed by atoms with Gasteiger partial charge in [0.2, 0.25) is 5.91 Å². The predicted octanol–water partition coefficient (Wildman–Crippen LogP) is 2.63. The molecule has 0 saturated carbocycles. The van der Waals surface area contributed by atoms with Gasteiger partial charge in [-0.15, -0.1) is 16.4 Å². The van der Waals surface area contributed by atoms with E-state index in [9.17, 15) is 9.59 Å². The van der Waals surface area contributed by atoms with Gasteiger partial charge >= 0.3 is 0 Å². The molecule has 1 amide bonds. The minimum absolute atomic E-state index is 0.233. The van der Waals surface area contributed by atoms with Crippen LogP contribution in [0, 0.1) is 5.92 Å². The van der Waals surface area contributed by atoms with E-state index >= 15 is 0 Å². The number of rotatable bonds is 5. The predicted molar refractivity (Wildman–Crippen MR) is 111 cm³/mol. The van der Waals surface area contributed by atoms with Crippen molar-refractivity contribution in [2.24, 2.45) is 5.92 Å². The largest absolute Gasteiger partial charge is 0.497 e. The Bertz CT molecular complexity index is 1140. The van der Waals surface area contributed by atoms with E-state index in [1.54, 1.807) is 25.3 Å². The van der Waals surface area contributed by atoms with Crippen LogP contribution in [-0.2, 0) is 24.2 Å². The number of anilines is 1. The quantitative estimate of drug-likeness (QED) is 0.690. The van der Waals surface area contributed by atoms with Crippen molar-refractivity contribution in [3.05, 3.63) is 39.0 Å². The van der Waals surface area contributed by atoms with E-state index in [4.69, 9.17) is 9.47 Å². The SMILES string of the molecule is COc1ccc(OC)c(NC(=O)Cn2nnc3sc4c(c3c2=O)CC[C@@H](C)C4)c1. The summed E-state index contributed by atoms with van der Waals surface area (Å²) in [6.07, 6.45) is 2.88. The summed E-state index contributed by atoms with van der Waals surface area (Å²) in [5.74, 6) is 1.28. The molecule has 8 nitrogen and oxygen atoms in total. The second-order valence-electron chi connectivity index (χ2n) is 7.20. The van der Waals surface area contributed by atoms with E-state index in [1.165, 1.54) is 23.3 Å². The van der Waals surface area contributed by atoms with Crippen LogP contribution in [0.15, 0.2) is 23.0 Å². The van der Waals surface area contributed by atoms with Crippen molar-refractivity contribution >= 4 is 33.1 Å². The lowest BCUT2D eigenvalue weighted by atomic mass is 9.89. The number of thiophene rings is 1. The van der Waals surface area contributed by atoms with Crippen molar-refractivity contribution < 1.29 is 14.3 Å². The zero-order valence-corrected chi connectivity index (χ0v) is 17.3. The molecule has 0 saturated heterocycles. The molecule has 9 heteroatoms. The third kappa shape index (κ3) is 3.69. The normalized spacial score (nSPS) is 15.8. The molecular weight excluding hydrogens is 392 g/mol. The van der Waals surface area contributed by atoms with Crippen molar-refractivity contribution in [2.45, 2.75) is 32.7 Å². The number of carbonyl (C=O) groups excluding carboxylic acids is 1. The highest BCUT2D eigenvalue weighted by atomic mass is 32.1. The van der Waals surface area contributed by atoms with Gasteiger partial charge in [0.1, 0.15) is 18.0 Å². The van der Waals surface area contributed by atoms with Crippen LogP contribution in [0.4, 0.5) is 5.69 Å². The number of nitrogens with zero attached hydrogens (tertiary/aromatic N) is 3. The fraction of sp³-hybridized carbons (Fsp3) is 0.400. The average molecular weight is 414 g/mol. The van der Waals surface area contributed by atoms with E-state index in [-0.39, 0.29) is 12.1 Å². The summed E-state index contributed by atoms with van der Waals surface area (Å²) in [6.45, 7) is 1.98. The highest BCUT2D eigenvalue weighted by Gasteiger charge is 2.24. The Balaban J connectivity index is 1.61. The molecule has 0 bridgehead atoms.